The minimum Gasteiger partial charge on any atom is -0.439 e. The number of alkyl halides is 1. The lowest BCUT2D eigenvalue weighted by molar-refractivity contribution is -0.123. The Morgan fingerprint density at radius 2 is 2.20 bits per heavy atom. The Hall–Kier alpha value is -0.770. The molecule has 0 unspecified atom stereocenters. The van der Waals surface area contributed by atoms with Crippen LogP contribution in [0.15, 0.2) is 0 Å². The van der Waals surface area contributed by atoms with E-state index in [1.165, 1.54) is 6.92 Å². The van der Waals surface area contributed by atoms with Crippen molar-refractivity contribution in [2.24, 2.45) is 5.73 Å². The number of carbonyl (C=O) groups excluding carboxylic acids is 2. The molecule has 2 N–H and O–H groups in total. The van der Waals surface area contributed by atoms with Gasteiger partial charge in [0.1, 0.15) is 0 Å². The third-order valence-electron chi connectivity index (χ3n) is 0.878. The van der Waals surface area contributed by atoms with Crippen LogP contribution in [-0.2, 0) is 9.53 Å². The maximum Gasteiger partial charge on any atom is 0.405 e. The molecule has 0 aliphatic carbocycles. The summed E-state index contributed by atoms with van der Waals surface area (Å²) in [6.07, 6.45) is -1.80. The predicted octanol–water partition coefficient (Wildman–Crippen LogP) is 0.278. The number of ketones is 1. The molecule has 0 spiro atoms. The van der Waals surface area contributed by atoms with E-state index in [2.05, 4.69) is 10.5 Å². The van der Waals surface area contributed by atoms with Crippen LogP contribution in [0.5, 0.6) is 0 Å². The number of halogens is 1. The fraction of sp³-hybridized carbons (Fsp3) is 0.600. The average molecular weight is 166 g/mol. The Kier molecular flexibility index (Phi) is 3.79. The first kappa shape index (κ1) is 9.23. The molecule has 0 rings (SSSR count). The van der Waals surface area contributed by atoms with Crippen LogP contribution in [0.25, 0.3) is 0 Å². The van der Waals surface area contributed by atoms with Crippen LogP contribution in [0.2, 0.25) is 0 Å². The van der Waals surface area contributed by atoms with Gasteiger partial charge in [-0.25, -0.2) is 4.79 Å². The third-order valence-corrected chi connectivity index (χ3v) is 1.14. The normalized spacial score (nSPS) is 12.2. The number of carbonyl (C=O) groups is 2. The summed E-state index contributed by atoms with van der Waals surface area (Å²) < 4.78 is 4.31. The zero-order valence-corrected chi connectivity index (χ0v) is 6.22. The molecule has 0 aliphatic heterocycles. The van der Waals surface area contributed by atoms with E-state index in [4.69, 9.17) is 11.6 Å². The highest BCUT2D eigenvalue weighted by Crippen LogP contribution is 1.93. The maximum absolute atomic E-state index is 10.6. The number of amides is 1. The van der Waals surface area contributed by atoms with Crippen LogP contribution in [-0.4, -0.2) is 23.9 Å². The molecule has 0 radical (unpaired) electrons. The van der Waals surface area contributed by atoms with Gasteiger partial charge in [-0.1, -0.05) is 0 Å². The summed E-state index contributed by atoms with van der Waals surface area (Å²) in [5.41, 5.74) is 4.63. The largest absolute Gasteiger partial charge is 0.439 e. The van der Waals surface area contributed by atoms with Crippen LogP contribution in [0.4, 0.5) is 4.79 Å². The molecule has 10 heavy (non-hydrogen) atoms. The quantitative estimate of drug-likeness (QED) is 0.611. The summed E-state index contributed by atoms with van der Waals surface area (Å²) in [7, 11) is 0. The molecule has 0 aromatic carbocycles. The Labute approximate surface area is 63.3 Å². The fourth-order valence-electron chi connectivity index (χ4n) is 0.349. The van der Waals surface area contributed by atoms with Gasteiger partial charge >= 0.3 is 6.09 Å². The van der Waals surface area contributed by atoms with E-state index in [1.807, 2.05) is 0 Å². The number of hydrogen-bond acceptors (Lipinski definition) is 3. The predicted molar refractivity (Wildman–Crippen MR) is 35.9 cm³/mol. The Morgan fingerprint density at radius 3 is 2.50 bits per heavy atom. The molecule has 0 saturated heterocycles. The van der Waals surface area contributed by atoms with Crippen molar-refractivity contribution < 1.29 is 14.3 Å². The molecule has 5 heteroatoms. The van der Waals surface area contributed by atoms with Gasteiger partial charge < -0.3 is 10.5 Å². The molecule has 0 heterocycles. The van der Waals surface area contributed by atoms with Crippen molar-refractivity contribution in [1.29, 1.82) is 0 Å². The van der Waals surface area contributed by atoms with Gasteiger partial charge in [0.05, 0.1) is 5.88 Å². The minimum atomic E-state index is -0.967. The van der Waals surface area contributed by atoms with Gasteiger partial charge in [-0.05, 0) is 6.92 Å². The molecule has 0 aromatic rings. The standard InChI is InChI=1S/C5H8ClNO3/c1-3(4(8)2-6)10-5(7)9/h3H,2H2,1H3,(H2,7,9)/t3-/m0/s1. The number of hydrogen-bond donors (Lipinski definition) is 1. The lowest BCUT2D eigenvalue weighted by atomic mass is 10.3. The van der Waals surface area contributed by atoms with Crippen LogP contribution in [0.1, 0.15) is 6.92 Å². The SMILES string of the molecule is C[C@H](OC(N)=O)C(=O)CCl. The zero-order chi connectivity index (χ0) is 8.15. The molecule has 0 bridgehead atoms. The summed E-state index contributed by atoms with van der Waals surface area (Å²) in [5, 5.41) is 0. The van der Waals surface area contributed by atoms with Gasteiger partial charge in [-0.3, -0.25) is 4.79 Å². The van der Waals surface area contributed by atoms with Crippen molar-refractivity contribution >= 4 is 23.5 Å². The van der Waals surface area contributed by atoms with Crippen LogP contribution < -0.4 is 5.73 Å². The first-order valence-electron chi connectivity index (χ1n) is 2.62. The van der Waals surface area contributed by atoms with Gasteiger partial charge in [0.25, 0.3) is 0 Å². The number of nitrogens with two attached hydrogens (primary N) is 1. The van der Waals surface area contributed by atoms with Gasteiger partial charge in [0.2, 0.25) is 0 Å². The van der Waals surface area contributed by atoms with E-state index >= 15 is 0 Å². The lowest BCUT2D eigenvalue weighted by Gasteiger charge is -2.06. The smallest absolute Gasteiger partial charge is 0.405 e. The first-order valence-corrected chi connectivity index (χ1v) is 3.16. The zero-order valence-electron chi connectivity index (χ0n) is 5.46. The molecule has 0 aliphatic rings. The summed E-state index contributed by atoms with van der Waals surface area (Å²) >= 11 is 5.15. The molecule has 0 fully saturated rings. The number of ether oxygens (including phenoxy) is 1. The summed E-state index contributed by atoms with van der Waals surface area (Å²) in [5.74, 6) is -0.533. The summed E-state index contributed by atoms with van der Waals surface area (Å²) in [6.45, 7) is 1.41. The maximum atomic E-state index is 10.6. The Balaban J connectivity index is 3.72. The van der Waals surface area contributed by atoms with E-state index in [0.29, 0.717) is 0 Å². The van der Waals surface area contributed by atoms with Crippen molar-refractivity contribution in [2.45, 2.75) is 13.0 Å². The minimum absolute atomic E-state index is 0.172. The molecule has 1 amide bonds. The van der Waals surface area contributed by atoms with Crippen molar-refractivity contribution in [3.8, 4) is 0 Å². The molecular weight excluding hydrogens is 158 g/mol. The Bertz CT molecular complexity index is 148. The van der Waals surface area contributed by atoms with E-state index in [9.17, 15) is 9.59 Å². The molecule has 58 valence electrons. The third kappa shape index (κ3) is 3.29. The average Bonchev–Trinajstić information content (AvgIpc) is 1.85. The Morgan fingerprint density at radius 1 is 1.70 bits per heavy atom. The van der Waals surface area contributed by atoms with Gasteiger partial charge in [-0.2, -0.15) is 0 Å². The van der Waals surface area contributed by atoms with Gasteiger partial charge in [0.15, 0.2) is 11.9 Å². The highest BCUT2D eigenvalue weighted by atomic mass is 35.5. The van der Waals surface area contributed by atoms with Gasteiger partial charge in [-0.15, -0.1) is 11.6 Å². The molecule has 4 nitrogen and oxygen atoms in total. The van der Waals surface area contributed by atoms with Crippen molar-refractivity contribution in [2.75, 3.05) is 5.88 Å². The van der Waals surface area contributed by atoms with Crippen LogP contribution in [0, 0.1) is 0 Å². The van der Waals surface area contributed by atoms with Crippen molar-refractivity contribution in [3.05, 3.63) is 0 Å². The van der Waals surface area contributed by atoms with E-state index < -0.39 is 12.2 Å². The number of Topliss-reactive ketones (excluding diaryl/α,β-unsaturated/α-hetero) is 1. The number of primary amides is 1. The summed E-state index contributed by atoms with van der Waals surface area (Å²) in [6, 6.07) is 0. The van der Waals surface area contributed by atoms with E-state index in [-0.39, 0.29) is 11.7 Å². The second kappa shape index (κ2) is 4.11. The number of rotatable bonds is 3. The highest BCUT2D eigenvalue weighted by molar-refractivity contribution is 6.28. The van der Waals surface area contributed by atoms with Crippen molar-refractivity contribution in [1.82, 2.24) is 0 Å². The van der Waals surface area contributed by atoms with E-state index in [0.717, 1.165) is 0 Å². The topological polar surface area (TPSA) is 69.4 Å². The summed E-state index contributed by atoms with van der Waals surface area (Å²) in [4.78, 5) is 20.6. The second-order valence-electron chi connectivity index (χ2n) is 1.68. The highest BCUT2D eigenvalue weighted by Gasteiger charge is 2.13. The molecular formula is C5H8ClNO3. The monoisotopic (exact) mass is 165 g/mol. The molecule has 1 atom stereocenters. The first-order chi connectivity index (χ1) is 4.57. The second-order valence-corrected chi connectivity index (χ2v) is 1.95. The van der Waals surface area contributed by atoms with E-state index in [1.54, 1.807) is 0 Å². The molecule has 0 saturated carbocycles. The molecule has 0 aromatic heterocycles. The van der Waals surface area contributed by atoms with Crippen LogP contribution in [0.3, 0.4) is 0 Å². The lowest BCUT2D eigenvalue weighted by Crippen LogP contribution is -2.27. The fourth-order valence-corrected chi connectivity index (χ4v) is 0.566. The van der Waals surface area contributed by atoms with Gasteiger partial charge in [0, 0.05) is 0 Å². The van der Waals surface area contributed by atoms with Crippen molar-refractivity contribution in [3.63, 3.8) is 0 Å². The van der Waals surface area contributed by atoms with Crippen LogP contribution >= 0.6 is 11.6 Å².